The molecule has 1 aliphatic carbocycles. The van der Waals surface area contributed by atoms with Gasteiger partial charge in [-0.25, -0.2) is 18.4 Å². The van der Waals surface area contributed by atoms with Crippen molar-refractivity contribution in [2.75, 3.05) is 12.3 Å². The monoisotopic (exact) mass is 373 g/mol. The van der Waals surface area contributed by atoms with Crippen LogP contribution in [-0.4, -0.2) is 36.5 Å². The third-order valence-electron chi connectivity index (χ3n) is 5.04. The molecule has 0 unspecified atom stereocenters. The maximum atomic E-state index is 12.8. The number of aromatic nitrogens is 2. The molecule has 0 bridgehead atoms. The summed E-state index contributed by atoms with van der Waals surface area (Å²) < 4.78 is 25.7. The standard InChI is InChI=1S/C19H23N3O3S/c1-14-3-5-16(6-4-14)26(24,25)13-19(7-2-8-19)9-18-21-11-15(12-22-18)17(23)10-20/h3-6,11-12H,2,7-10,13,20H2,1H3. The second-order valence-electron chi connectivity index (χ2n) is 7.12. The Morgan fingerprint density at radius 2 is 1.77 bits per heavy atom. The molecule has 7 heteroatoms. The highest BCUT2D eigenvalue weighted by Gasteiger charge is 2.42. The molecular formula is C19H23N3O3S. The van der Waals surface area contributed by atoms with Gasteiger partial charge in [0, 0.05) is 18.8 Å². The second-order valence-corrected chi connectivity index (χ2v) is 9.11. The van der Waals surface area contributed by atoms with E-state index in [2.05, 4.69) is 9.97 Å². The zero-order valence-electron chi connectivity index (χ0n) is 14.8. The number of carbonyl (C=O) groups is 1. The summed E-state index contributed by atoms with van der Waals surface area (Å²) in [5.74, 6) is 0.449. The van der Waals surface area contributed by atoms with Gasteiger partial charge in [0.25, 0.3) is 0 Å². The van der Waals surface area contributed by atoms with Crippen molar-refractivity contribution in [2.24, 2.45) is 11.1 Å². The lowest BCUT2D eigenvalue weighted by atomic mass is 9.68. The van der Waals surface area contributed by atoms with Crippen molar-refractivity contribution in [3.8, 4) is 0 Å². The fraction of sp³-hybridized carbons (Fsp3) is 0.421. The molecule has 0 spiro atoms. The number of nitrogens with two attached hydrogens (primary N) is 1. The van der Waals surface area contributed by atoms with E-state index in [1.165, 1.54) is 12.4 Å². The van der Waals surface area contributed by atoms with Gasteiger partial charge in [-0.2, -0.15) is 0 Å². The van der Waals surface area contributed by atoms with E-state index in [4.69, 9.17) is 5.73 Å². The van der Waals surface area contributed by atoms with Gasteiger partial charge in [-0.1, -0.05) is 24.1 Å². The van der Waals surface area contributed by atoms with Crippen LogP contribution in [0.15, 0.2) is 41.6 Å². The Bertz CT molecular complexity index is 887. The molecule has 1 fully saturated rings. The summed E-state index contributed by atoms with van der Waals surface area (Å²) in [4.78, 5) is 20.4. The minimum atomic E-state index is -3.37. The summed E-state index contributed by atoms with van der Waals surface area (Å²) in [7, 11) is -3.37. The molecule has 1 aliphatic rings. The first kappa shape index (κ1) is 18.7. The highest BCUT2D eigenvalue weighted by Crippen LogP contribution is 2.45. The molecule has 0 radical (unpaired) electrons. The fourth-order valence-corrected chi connectivity index (χ4v) is 5.24. The SMILES string of the molecule is Cc1ccc(S(=O)(=O)CC2(Cc3ncc(C(=O)CN)cn3)CCC2)cc1. The Morgan fingerprint density at radius 3 is 2.27 bits per heavy atom. The molecular weight excluding hydrogens is 350 g/mol. The number of ketones is 1. The lowest BCUT2D eigenvalue weighted by Crippen LogP contribution is -2.39. The highest BCUT2D eigenvalue weighted by molar-refractivity contribution is 7.91. The predicted molar refractivity (Wildman–Crippen MR) is 98.6 cm³/mol. The van der Waals surface area contributed by atoms with Crippen LogP contribution in [0.3, 0.4) is 0 Å². The molecule has 3 rings (SSSR count). The van der Waals surface area contributed by atoms with E-state index >= 15 is 0 Å². The Kier molecular flexibility index (Phi) is 5.20. The maximum Gasteiger partial charge on any atom is 0.179 e. The average molecular weight is 373 g/mol. The fourth-order valence-electron chi connectivity index (χ4n) is 3.32. The van der Waals surface area contributed by atoms with Crippen molar-refractivity contribution in [1.82, 2.24) is 9.97 Å². The summed E-state index contributed by atoms with van der Waals surface area (Å²) in [5.41, 5.74) is 6.42. The summed E-state index contributed by atoms with van der Waals surface area (Å²) in [5, 5.41) is 0. The van der Waals surface area contributed by atoms with Crippen molar-refractivity contribution in [1.29, 1.82) is 0 Å². The molecule has 26 heavy (non-hydrogen) atoms. The topological polar surface area (TPSA) is 103 Å². The molecule has 0 saturated heterocycles. The molecule has 1 aromatic carbocycles. The van der Waals surface area contributed by atoms with Crippen LogP contribution in [-0.2, 0) is 16.3 Å². The van der Waals surface area contributed by atoms with E-state index in [1.54, 1.807) is 12.1 Å². The molecule has 1 aromatic heterocycles. The molecule has 2 aromatic rings. The van der Waals surface area contributed by atoms with Crippen LogP contribution in [0.2, 0.25) is 0 Å². The van der Waals surface area contributed by atoms with Crippen LogP contribution in [0.25, 0.3) is 0 Å². The van der Waals surface area contributed by atoms with Gasteiger partial charge in [-0.05, 0) is 37.3 Å². The van der Waals surface area contributed by atoms with Crippen LogP contribution >= 0.6 is 0 Å². The normalized spacial score (nSPS) is 16.1. The Morgan fingerprint density at radius 1 is 1.15 bits per heavy atom. The molecule has 0 aliphatic heterocycles. The van der Waals surface area contributed by atoms with Gasteiger partial charge < -0.3 is 5.73 Å². The van der Waals surface area contributed by atoms with E-state index < -0.39 is 9.84 Å². The molecule has 1 saturated carbocycles. The van der Waals surface area contributed by atoms with Gasteiger partial charge in [0.05, 0.1) is 22.8 Å². The zero-order valence-corrected chi connectivity index (χ0v) is 15.6. The summed E-state index contributed by atoms with van der Waals surface area (Å²) in [6.45, 7) is 1.85. The zero-order chi connectivity index (χ0) is 18.8. The minimum absolute atomic E-state index is 0.0819. The first-order valence-corrected chi connectivity index (χ1v) is 10.3. The van der Waals surface area contributed by atoms with E-state index in [1.807, 2.05) is 19.1 Å². The summed E-state index contributed by atoms with van der Waals surface area (Å²) in [6.07, 6.45) is 6.12. The molecule has 1 heterocycles. The van der Waals surface area contributed by atoms with Gasteiger partial charge in [0.2, 0.25) is 0 Å². The Hall–Kier alpha value is -2.12. The number of rotatable bonds is 7. The van der Waals surface area contributed by atoms with Gasteiger partial charge >= 0.3 is 0 Å². The number of nitrogens with zero attached hydrogens (tertiary/aromatic N) is 2. The lowest BCUT2D eigenvalue weighted by Gasteiger charge is -2.41. The maximum absolute atomic E-state index is 12.8. The van der Waals surface area contributed by atoms with E-state index in [0.717, 1.165) is 24.8 Å². The summed E-state index contributed by atoms with van der Waals surface area (Å²) in [6, 6.07) is 6.97. The van der Waals surface area contributed by atoms with E-state index in [9.17, 15) is 13.2 Å². The molecule has 0 atom stereocenters. The van der Waals surface area contributed by atoms with Gasteiger partial charge in [-0.3, -0.25) is 4.79 Å². The van der Waals surface area contributed by atoms with Crippen molar-refractivity contribution >= 4 is 15.6 Å². The molecule has 0 amide bonds. The van der Waals surface area contributed by atoms with Crippen LogP contribution in [0, 0.1) is 12.3 Å². The minimum Gasteiger partial charge on any atom is -0.324 e. The Balaban J connectivity index is 1.77. The third kappa shape index (κ3) is 3.99. The first-order chi connectivity index (χ1) is 12.3. The lowest BCUT2D eigenvalue weighted by molar-refractivity contribution is 0.100. The largest absolute Gasteiger partial charge is 0.324 e. The van der Waals surface area contributed by atoms with Gasteiger partial charge in [-0.15, -0.1) is 0 Å². The van der Waals surface area contributed by atoms with E-state index in [0.29, 0.717) is 22.7 Å². The van der Waals surface area contributed by atoms with E-state index in [-0.39, 0.29) is 23.5 Å². The van der Waals surface area contributed by atoms with Crippen LogP contribution < -0.4 is 5.73 Å². The first-order valence-electron chi connectivity index (χ1n) is 8.67. The van der Waals surface area contributed by atoms with Gasteiger partial charge in [0.1, 0.15) is 5.82 Å². The van der Waals surface area contributed by atoms with Crippen LogP contribution in [0.4, 0.5) is 0 Å². The number of hydrogen-bond donors (Lipinski definition) is 1. The number of benzene rings is 1. The van der Waals surface area contributed by atoms with Crippen molar-refractivity contribution in [3.05, 3.63) is 53.6 Å². The summed E-state index contributed by atoms with van der Waals surface area (Å²) >= 11 is 0. The quantitative estimate of drug-likeness (QED) is 0.746. The number of aryl methyl sites for hydroxylation is 1. The van der Waals surface area contributed by atoms with Gasteiger partial charge in [0.15, 0.2) is 15.6 Å². The smallest absolute Gasteiger partial charge is 0.179 e. The number of Topliss-reactive ketones (excluding diaryl/α,β-unsaturated/α-hetero) is 1. The second kappa shape index (κ2) is 7.25. The predicted octanol–water partition coefficient (Wildman–Crippen LogP) is 2.11. The van der Waals surface area contributed by atoms with Crippen LogP contribution in [0.1, 0.15) is 41.0 Å². The van der Waals surface area contributed by atoms with Crippen molar-refractivity contribution in [2.45, 2.75) is 37.5 Å². The number of sulfone groups is 1. The highest BCUT2D eigenvalue weighted by atomic mass is 32.2. The van der Waals surface area contributed by atoms with Crippen LogP contribution in [0.5, 0.6) is 0 Å². The van der Waals surface area contributed by atoms with Crippen molar-refractivity contribution < 1.29 is 13.2 Å². The molecule has 6 nitrogen and oxygen atoms in total. The number of carbonyl (C=O) groups excluding carboxylic acids is 1. The number of hydrogen-bond acceptors (Lipinski definition) is 6. The molecule has 138 valence electrons. The molecule has 2 N–H and O–H groups in total. The Labute approximate surface area is 153 Å². The van der Waals surface area contributed by atoms with Crippen molar-refractivity contribution in [3.63, 3.8) is 0 Å². The third-order valence-corrected chi connectivity index (χ3v) is 7.02. The average Bonchev–Trinajstić information content (AvgIpc) is 2.60.